The van der Waals surface area contributed by atoms with Gasteiger partial charge in [0.2, 0.25) is 5.91 Å². The monoisotopic (exact) mass is 315 g/mol. The minimum absolute atomic E-state index is 0.187. The van der Waals surface area contributed by atoms with Crippen LogP contribution in [0.1, 0.15) is 5.56 Å². The molecule has 1 aromatic carbocycles. The Bertz CT molecular complexity index is 652. The number of aliphatic hydroxyl groups excluding tert-OH is 1. The van der Waals surface area contributed by atoms with Crippen molar-refractivity contribution in [2.45, 2.75) is 6.10 Å². The number of para-hydroxylation sites is 1. The molecule has 1 amide bonds. The fourth-order valence-electron chi connectivity index (χ4n) is 2.09. The normalized spacial score (nSPS) is 12.5. The fraction of sp³-hybridized carbons (Fsp3) is 0.294. The van der Waals surface area contributed by atoms with E-state index in [1.807, 2.05) is 36.5 Å². The van der Waals surface area contributed by atoms with Crippen LogP contribution in [0.5, 0.6) is 0 Å². The molecule has 2 aromatic rings. The number of likely N-dealkylation sites (N-methyl/N-ethyl adjacent to an activating group) is 1. The van der Waals surface area contributed by atoms with E-state index in [9.17, 15) is 9.90 Å². The quantitative estimate of drug-likeness (QED) is 0.783. The lowest BCUT2D eigenvalue weighted by atomic mass is 10.3. The van der Waals surface area contributed by atoms with E-state index in [4.69, 9.17) is 4.74 Å². The van der Waals surface area contributed by atoms with E-state index in [1.54, 1.807) is 24.0 Å². The number of carbonyl (C=O) groups excluding carboxylic acids is 1. The first-order chi connectivity index (χ1) is 11.1. The molecule has 2 rings (SSSR count). The van der Waals surface area contributed by atoms with Crippen molar-refractivity contribution in [1.82, 2.24) is 14.7 Å². The van der Waals surface area contributed by atoms with Gasteiger partial charge in [0.1, 0.15) is 0 Å². The lowest BCUT2D eigenvalue weighted by Crippen LogP contribution is -2.35. The summed E-state index contributed by atoms with van der Waals surface area (Å²) in [5, 5.41) is 13.9. The minimum atomic E-state index is -0.691. The van der Waals surface area contributed by atoms with Crippen LogP contribution in [-0.2, 0) is 9.53 Å². The van der Waals surface area contributed by atoms with Gasteiger partial charge in [-0.1, -0.05) is 18.2 Å². The predicted octanol–water partition coefficient (Wildman–Crippen LogP) is 1.35. The van der Waals surface area contributed by atoms with Gasteiger partial charge in [-0.25, -0.2) is 4.68 Å². The van der Waals surface area contributed by atoms with Crippen molar-refractivity contribution in [3.05, 3.63) is 54.4 Å². The summed E-state index contributed by atoms with van der Waals surface area (Å²) in [4.78, 5) is 13.4. The van der Waals surface area contributed by atoms with E-state index >= 15 is 0 Å². The lowest BCUT2D eigenvalue weighted by molar-refractivity contribution is -0.126. The van der Waals surface area contributed by atoms with E-state index in [1.165, 1.54) is 18.1 Å². The van der Waals surface area contributed by atoms with Gasteiger partial charge in [0, 0.05) is 38.5 Å². The van der Waals surface area contributed by atoms with E-state index in [-0.39, 0.29) is 19.1 Å². The Balaban J connectivity index is 1.95. The molecule has 0 aliphatic rings. The summed E-state index contributed by atoms with van der Waals surface area (Å²) in [5.74, 6) is -0.187. The number of carbonyl (C=O) groups is 1. The highest BCUT2D eigenvalue weighted by atomic mass is 16.5. The van der Waals surface area contributed by atoms with Crippen molar-refractivity contribution in [2.24, 2.45) is 0 Å². The highest BCUT2D eigenvalue weighted by Gasteiger charge is 2.11. The van der Waals surface area contributed by atoms with E-state index in [0.29, 0.717) is 0 Å². The zero-order chi connectivity index (χ0) is 16.7. The molecule has 1 atom stereocenters. The van der Waals surface area contributed by atoms with Gasteiger partial charge in [-0.05, 0) is 18.2 Å². The average molecular weight is 315 g/mol. The molecule has 1 heterocycles. The number of ether oxygens (including phenoxy) is 1. The number of aliphatic hydroxyl groups is 1. The number of hydrogen-bond acceptors (Lipinski definition) is 4. The van der Waals surface area contributed by atoms with Crippen molar-refractivity contribution in [2.75, 3.05) is 27.3 Å². The van der Waals surface area contributed by atoms with Crippen LogP contribution < -0.4 is 0 Å². The van der Waals surface area contributed by atoms with Gasteiger partial charge in [0.25, 0.3) is 0 Å². The summed E-state index contributed by atoms with van der Waals surface area (Å²) in [7, 11) is 3.15. The maximum Gasteiger partial charge on any atom is 0.246 e. The third-order valence-corrected chi connectivity index (χ3v) is 3.26. The van der Waals surface area contributed by atoms with Crippen LogP contribution in [0.2, 0.25) is 0 Å². The molecule has 1 N–H and O–H groups in total. The molecule has 6 heteroatoms. The average Bonchev–Trinajstić information content (AvgIpc) is 3.02. The topological polar surface area (TPSA) is 67.6 Å². The van der Waals surface area contributed by atoms with Gasteiger partial charge < -0.3 is 14.7 Å². The zero-order valence-corrected chi connectivity index (χ0v) is 13.3. The van der Waals surface area contributed by atoms with Crippen LogP contribution in [-0.4, -0.2) is 59.1 Å². The maximum absolute atomic E-state index is 12.0. The second-order valence-electron chi connectivity index (χ2n) is 5.22. The molecule has 1 unspecified atom stereocenters. The summed E-state index contributed by atoms with van der Waals surface area (Å²) in [6.45, 7) is 0.422. The second-order valence-corrected chi connectivity index (χ2v) is 5.22. The molecular formula is C17H21N3O3. The van der Waals surface area contributed by atoms with E-state index in [0.717, 1.165) is 11.3 Å². The van der Waals surface area contributed by atoms with Crippen LogP contribution in [0.4, 0.5) is 0 Å². The molecule has 0 bridgehead atoms. The van der Waals surface area contributed by atoms with Gasteiger partial charge in [-0.15, -0.1) is 0 Å². The van der Waals surface area contributed by atoms with E-state index < -0.39 is 6.10 Å². The number of nitrogens with zero attached hydrogens (tertiary/aromatic N) is 3. The molecule has 6 nitrogen and oxygen atoms in total. The molecular weight excluding hydrogens is 294 g/mol. The molecule has 0 saturated heterocycles. The number of benzene rings is 1. The molecule has 0 radical (unpaired) electrons. The lowest BCUT2D eigenvalue weighted by Gasteiger charge is -2.18. The van der Waals surface area contributed by atoms with Crippen molar-refractivity contribution < 1.29 is 14.6 Å². The van der Waals surface area contributed by atoms with Crippen LogP contribution in [0.3, 0.4) is 0 Å². The smallest absolute Gasteiger partial charge is 0.246 e. The van der Waals surface area contributed by atoms with Gasteiger partial charge in [-0.2, -0.15) is 5.10 Å². The predicted molar refractivity (Wildman–Crippen MR) is 88.1 cm³/mol. The summed E-state index contributed by atoms with van der Waals surface area (Å²) in [6.07, 6.45) is 6.01. The Morgan fingerprint density at radius 3 is 2.87 bits per heavy atom. The fourth-order valence-corrected chi connectivity index (χ4v) is 2.09. The number of methoxy groups -OCH3 is 1. The number of hydrogen-bond donors (Lipinski definition) is 1. The van der Waals surface area contributed by atoms with Crippen LogP contribution in [0.25, 0.3) is 11.8 Å². The molecule has 1 aromatic heterocycles. The summed E-state index contributed by atoms with van der Waals surface area (Å²) in [6, 6.07) is 9.74. The van der Waals surface area contributed by atoms with Gasteiger partial charge in [0.15, 0.2) is 0 Å². The summed E-state index contributed by atoms with van der Waals surface area (Å²) < 4.78 is 6.59. The van der Waals surface area contributed by atoms with Crippen LogP contribution >= 0.6 is 0 Å². The molecule has 23 heavy (non-hydrogen) atoms. The summed E-state index contributed by atoms with van der Waals surface area (Å²) >= 11 is 0. The first-order valence-electron chi connectivity index (χ1n) is 7.30. The minimum Gasteiger partial charge on any atom is -0.389 e. The van der Waals surface area contributed by atoms with Crippen LogP contribution in [0.15, 0.2) is 48.8 Å². The zero-order valence-electron chi connectivity index (χ0n) is 13.3. The Labute approximate surface area is 135 Å². The molecule has 122 valence electrons. The van der Waals surface area contributed by atoms with Crippen molar-refractivity contribution >= 4 is 12.0 Å². The number of aromatic nitrogens is 2. The Hall–Kier alpha value is -2.44. The van der Waals surface area contributed by atoms with Crippen molar-refractivity contribution in [3.8, 4) is 5.69 Å². The second kappa shape index (κ2) is 8.26. The Morgan fingerprint density at radius 1 is 1.43 bits per heavy atom. The first kappa shape index (κ1) is 16.9. The Morgan fingerprint density at radius 2 is 2.17 bits per heavy atom. The van der Waals surface area contributed by atoms with Gasteiger partial charge in [0.05, 0.1) is 24.6 Å². The molecule has 0 spiro atoms. The first-order valence-corrected chi connectivity index (χ1v) is 7.30. The van der Waals surface area contributed by atoms with Crippen molar-refractivity contribution in [1.29, 1.82) is 0 Å². The summed E-state index contributed by atoms with van der Waals surface area (Å²) in [5.41, 5.74) is 1.78. The Kier molecular flexibility index (Phi) is 6.08. The number of rotatable bonds is 7. The van der Waals surface area contributed by atoms with E-state index in [2.05, 4.69) is 5.10 Å². The largest absolute Gasteiger partial charge is 0.389 e. The van der Waals surface area contributed by atoms with Gasteiger partial charge >= 0.3 is 0 Å². The highest BCUT2D eigenvalue weighted by molar-refractivity contribution is 5.91. The van der Waals surface area contributed by atoms with Gasteiger partial charge in [-0.3, -0.25) is 4.79 Å². The SMILES string of the molecule is COCC(O)CN(C)C(=O)C=Cc1cnn(-c2ccccc2)c1. The third kappa shape index (κ3) is 5.05. The van der Waals surface area contributed by atoms with Crippen LogP contribution in [0, 0.1) is 0 Å². The molecule has 0 aliphatic heterocycles. The molecule has 0 fully saturated rings. The maximum atomic E-state index is 12.0. The molecule has 0 saturated carbocycles. The third-order valence-electron chi connectivity index (χ3n) is 3.26. The highest BCUT2D eigenvalue weighted by Crippen LogP contribution is 2.09. The molecule has 0 aliphatic carbocycles. The number of amides is 1. The standard InChI is InChI=1S/C17H21N3O3/c1-19(12-16(21)13-23-2)17(22)9-8-14-10-18-20(11-14)15-6-4-3-5-7-15/h3-11,16,21H,12-13H2,1-2H3. The van der Waals surface area contributed by atoms with Crippen molar-refractivity contribution in [3.63, 3.8) is 0 Å².